The summed E-state index contributed by atoms with van der Waals surface area (Å²) < 4.78 is 5.33. The molecule has 96 valence electrons. The minimum Gasteiger partial charge on any atom is -0.496 e. The molecule has 1 atom stereocenters. The summed E-state index contributed by atoms with van der Waals surface area (Å²) in [5, 5.41) is 12.9. The second-order valence-electron chi connectivity index (χ2n) is 4.63. The number of methoxy groups -OCH3 is 1. The Morgan fingerprint density at radius 1 is 1.35 bits per heavy atom. The van der Waals surface area contributed by atoms with Crippen molar-refractivity contribution in [2.24, 2.45) is 0 Å². The van der Waals surface area contributed by atoms with Crippen molar-refractivity contribution in [2.45, 2.75) is 32.2 Å². The standard InChI is InChI=1S/C14H23NO2/c1-4-9-15-14(2,11-16)10-12-7-5-6-8-13(12)17-3/h5-8,15-16H,4,9-11H2,1-3H3. The fourth-order valence-corrected chi connectivity index (χ4v) is 1.87. The summed E-state index contributed by atoms with van der Waals surface area (Å²) >= 11 is 0. The smallest absolute Gasteiger partial charge is 0.122 e. The number of nitrogens with one attached hydrogen (secondary N) is 1. The third-order valence-electron chi connectivity index (χ3n) is 2.92. The monoisotopic (exact) mass is 237 g/mol. The van der Waals surface area contributed by atoms with Crippen LogP contribution < -0.4 is 10.1 Å². The minimum absolute atomic E-state index is 0.116. The van der Waals surface area contributed by atoms with E-state index in [0.717, 1.165) is 30.7 Å². The van der Waals surface area contributed by atoms with Crippen LogP contribution in [0, 0.1) is 0 Å². The zero-order valence-corrected chi connectivity index (χ0v) is 11.0. The number of para-hydroxylation sites is 1. The second kappa shape index (κ2) is 6.62. The van der Waals surface area contributed by atoms with Crippen LogP contribution in [0.5, 0.6) is 5.75 Å². The number of aliphatic hydroxyl groups is 1. The van der Waals surface area contributed by atoms with E-state index in [0.29, 0.717) is 0 Å². The van der Waals surface area contributed by atoms with Crippen molar-refractivity contribution >= 4 is 0 Å². The lowest BCUT2D eigenvalue weighted by atomic mass is 9.93. The van der Waals surface area contributed by atoms with Gasteiger partial charge in [-0.3, -0.25) is 0 Å². The zero-order chi connectivity index (χ0) is 12.7. The maximum Gasteiger partial charge on any atom is 0.122 e. The number of hydrogen-bond acceptors (Lipinski definition) is 3. The van der Waals surface area contributed by atoms with E-state index in [1.54, 1.807) is 7.11 Å². The number of aliphatic hydroxyl groups excluding tert-OH is 1. The highest BCUT2D eigenvalue weighted by Gasteiger charge is 2.24. The lowest BCUT2D eigenvalue weighted by Crippen LogP contribution is -2.48. The van der Waals surface area contributed by atoms with Gasteiger partial charge in [-0.2, -0.15) is 0 Å². The summed E-state index contributed by atoms with van der Waals surface area (Å²) in [4.78, 5) is 0. The van der Waals surface area contributed by atoms with Crippen LogP contribution in [0.4, 0.5) is 0 Å². The number of benzene rings is 1. The molecular weight excluding hydrogens is 214 g/mol. The fraction of sp³-hybridized carbons (Fsp3) is 0.571. The molecule has 0 fully saturated rings. The van der Waals surface area contributed by atoms with Gasteiger partial charge in [0.1, 0.15) is 5.75 Å². The van der Waals surface area contributed by atoms with Gasteiger partial charge in [0.2, 0.25) is 0 Å². The Morgan fingerprint density at radius 3 is 2.65 bits per heavy atom. The number of rotatable bonds is 7. The summed E-state index contributed by atoms with van der Waals surface area (Å²) in [5.74, 6) is 0.880. The largest absolute Gasteiger partial charge is 0.496 e. The van der Waals surface area contributed by atoms with E-state index >= 15 is 0 Å². The topological polar surface area (TPSA) is 41.5 Å². The molecule has 1 unspecified atom stereocenters. The third-order valence-corrected chi connectivity index (χ3v) is 2.92. The maximum absolute atomic E-state index is 9.53. The molecule has 1 rings (SSSR count). The maximum atomic E-state index is 9.53. The van der Waals surface area contributed by atoms with E-state index in [1.165, 1.54) is 0 Å². The second-order valence-corrected chi connectivity index (χ2v) is 4.63. The van der Waals surface area contributed by atoms with Crippen molar-refractivity contribution in [3.63, 3.8) is 0 Å². The predicted molar refractivity (Wildman–Crippen MR) is 70.5 cm³/mol. The highest BCUT2D eigenvalue weighted by Crippen LogP contribution is 2.22. The molecule has 0 bridgehead atoms. The molecule has 17 heavy (non-hydrogen) atoms. The first-order chi connectivity index (χ1) is 8.15. The van der Waals surface area contributed by atoms with Crippen molar-refractivity contribution in [2.75, 3.05) is 20.3 Å². The normalized spacial score (nSPS) is 14.4. The van der Waals surface area contributed by atoms with Gasteiger partial charge in [0, 0.05) is 5.54 Å². The predicted octanol–water partition coefficient (Wildman–Crippen LogP) is 1.99. The van der Waals surface area contributed by atoms with Gasteiger partial charge < -0.3 is 15.2 Å². The Morgan fingerprint density at radius 2 is 2.06 bits per heavy atom. The number of ether oxygens (including phenoxy) is 1. The first-order valence-corrected chi connectivity index (χ1v) is 6.13. The summed E-state index contributed by atoms with van der Waals surface area (Å²) in [6.45, 7) is 5.18. The lowest BCUT2D eigenvalue weighted by Gasteiger charge is -2.29. The summed E-state index contributed by atoms with van der Waals surface area (Å²) in [5.41, 5.74) is 0.833. The fourth-order valence-electron chi connectivity index (χ4n) is 1.87. The highest BCUT2D eigenvalue weighted by molar-refractivity contribution is 5.34. The van der Waals surface area contributed by atoms with Gasteiger partial charge in [0.05, 0.1) is 13.7 Å². The lowest BCUT2D eigenvalue weighted by molar-refractivity contribution is 0.173. The van der Waals surface area contributed by atoms with Crippen LogP contribution in [-0.4, -0.2) is 30.9 Å². The van der Waals surface area contributed by atoms with Crippen LogP contribution in [0.2, 0.25) is 0 Å². The molecule has 0 saturated heterocycles. The molecule has 1 aromatic carbocycles. The van der Waals surface area contributed by atoms with E-state index in [4.69, 9.17) is 4.74 Å². The Labute approximate surface area is 104 Å². The van der Waals surface area contributed by atoms with Crippen LogP contribution in [0.3, 0.4) is 0 Å². The average Bonchev–Trinajstić information content (AvgIpc) is 2.37. The van der Waals surface area contributed by atoms with Crippen LogP contribution in [-0.2, 0) is 6.42 Å². The Bertz CT molecular complexity index is 341. The van der Waals surface area contributed by atoms with E-state index in [2.05, 4.69) is 12.2 Å². The van der Waals surface area contributed by atoms with Crippen molar-refractivity contribution in [3.8, 4) is 5.75 Å². The van der Waals surface area contributed by atoms with Crippen molar-refractivity contribution in [1.29, 1.82) is 0 Å². The SMILES string of the molecule is CCCNC(C)(CO)Cc1ccccc1OC. The average molecular weight is 237 g/mol. The molecule has 0 amide bonds. The van der Waals surface area contributed by atoms with Crippen molar-refractivity contribution < 1.29 is 9.84 Å². The van der Waals surface area contributed by atoms with Gasteiger partial charge >= 0.3 is 0 Å². The molecule has 0 aliphatic rings. The van der Waals surface area contributed by atoms with E-state index < -0.39 is 0 Å². The molecule has 3 heteroatoms. The van der Waals surface area contributed by atoms with Crippen molar-refractivity contribution in [3.05, 3.63) is 29.8 Å². The molecule has 1 aromatic rings. The van der Waals surface area contributed by atoms with Gasteiger partial charge in [0.15, 0.2) is 0 Å². The zero-order valence-electron chi connectivity index (χ0n) is 11.0. The summed E-state index contributed by atoms with van der Waals surface area (Å²) in [6, 6.07) is 7.95. The van der Waals surface area contributed by atoms with Crippen molar-refractivity contribution in [1.82, 2.24) is 5.32 Å². The molecule has 3 nitrogen and oxygen atoms in total. The van der Waals surface area contributed by atoms with Crippen LogP contribution in [0.25, 0.3) is 0 Å². The van der Waals surface area contributed by atoms with Gasteiger partial charge in [-0.25, -0.2) is 0 Å². The first-order valence-electron chi connectivity index (χ1n) is 6.13. The molecule has 0 heterocycles. The van der Waals surface area contributed by atoms with Crippen LogP contribution in [0.15, 0.2) is 24.3 Å². The van der Waals surface area contributed by atoms with Gasteiger partial charge in [0.25, 0.3) is 0 Å². The molecule has 0 aliphatic heterocycles. The quantitative estimate of drug-likeness (QED) is 0.762. The van der Waals surface area contributed by atoms with Crippen LogP contribution in [0.1, 0.15) is 25.8 Å². The van der Waals surface area contributed by atoms with Crippen LogP contribution >= 0.6 is 0 Å². The summed E-state index contributed by atoms with van der Waals surface area (Å²) in [6.07, 6.45) is 1.81. The van der Waals surface area contributed by atoms with Gasteiger partial charge in [-0.1, -0.05) is 25.1 Å². The van der Waals surface area contributed by atoms with E-state index in [9.17, 15) is 5.11 Å². The Balaban J connectivity index is 2.79. The molecule has 0 radical (unpaired) electrons. The Hall–Kier alpha value is -1.06. The highest BCUT2D eigenvalue weighted by atomic mass is 16.5. The molecule has 0 spiro atoms. The molecule has 0 aromatic heterocycles. The van der Waals surface area contributed by atoms with E-state index in [-0.39, 0.29) is 12.1 Å². The van der Waals surface area contributed by atoms with Gasteiger partial charge in [-0.05, 0) is 37.9 Å². The molecular formula is C14H23NO2. The Kier molecular flexibility index (Phi) is 5.45. The summed E-state index contributed by atoms with van der Waals surface area (Å²) in [7, 11) is 1.68. The number of hydrogen-bond donors (Lipinski definition) is 2. The molecule has 0 aliphatic carbocycles. The minimum atomic E-state index is -0.287. The first kappa shape index (κ1) is 14.0. The molecule has 2 N–H and O–H groups in total. The molecule has 0 saturated carbocycles. The van der Waals surface area contributed by atoms with E-state index in [1.807, 2.05) is 31.2 Å². The van der Waals surface area contributed by atoms with Gasteiger partial charge in [-0.15, -0.1) is 0 Å². The third kappa shape index (κ3) is 4.02.